The summed E-state index contributed by atoms with van der Waals surface area (Å²) in [6.45, 7) is 0.988. The van der Waals surface area contributed by atoms with Gasteiger partial charge in [0, 0.05) is 4.47 Å². The van der Waals surface area contributed by atoms with Gasteiger partial charge in [-0.2, -0.15) is 13.9 Å². The lowest BCUT2D eigenvalue weighted by Crippen LogP contribution is -2.34. The van der Waals surface area contributed by atoms with Gasteiger partial charge in [-0.3, -0.25) is 4.79 Å². The first kappa shape index (κ1) is 22.1. The van der Waals surface area contributed by atoms with Gasteiger partial charge >= 0.3 is 13.7 Å². The molecule has 0 saturated carbocycles. The summed E-state index contributed by atoms with van der Waals surface area (Å²) in [4.78, 5) is 11.0. The zero-order chi connectivity index (χ0) is 21.2. The molecule has 0 aromatic heterocycles. The van der Waals surface area contributed by atoms with E-state index in [4.69, 9.17) is 9.63 Å². The van der Waals surface area contributed by atoms with E-state index in [2.05, 4.69) is 20.5 Å². The average molecular weight is 490 g/mol. The van der Waals surface area contributed by atoms with E-state index in [0.29, 0.717) is 4.47 Å². The number of aliphatic carboxylic acids is 1. The molecule has 13 heteroatoms. The van der Waals surface area contributed by atoms with E-state index in [0.717, 1.165) is 6.92 Å². The lowest BCUT2D eigenvalue weighted by molar-refractivity contribution is -0.138. The summed E-state index contributed by atoms with van der Waals surface area (Å²) < 4.78 is 90.4. The van der Waals surface area contributed by atoms with Crippen LogP contribution >= 0.6 is 23.7 Å². The van der Waals surface area contributed by atoms with Crippen molar-refractivity contribution in [2.24, 2.45) is 0 Å². The Balaban J connectivity index is 2.50. The second kappa shape index (κ2) is 8.46. The summed E-state index contributed by atoms with van der Waals surface area (Å²) in [6, 6.07) is 3.65. The smallest absolute Gasteiger partial charge is 0.480 e. The summed E-state index contributed by atoms with van der Waals surface area (Å²) >= 11 is 3.11. The molecule has 0 saturated heterocycles. The summed E-state index contributed by atoms with van der Waals surface area (Å²) in [7, 11) is -4.98. The first-order valence-electron chi connectivity index (χ1n) is 7.22. The number of halogens is 6. The van der Waals surface area contributed by atoms with Gasteiger partial charge in [-0.05, 0) is 31.2 Å². The maximum Gasteiger partial charge on any atom is 0.513 e. The van der Waals surface area contributed by atoms with E-state index >= 15 is 0 Å². The molecule has 28 heavy (non-hydrogen) atoms. The maximum absolute atomic E-state index is 13.8. The molecule has 0 aliphatic rings. The van der Waals surface area contributed by atoms with Crippen LogP contribution in [-0.2, 0) is 9.36 Å². The first-order valence-corrected chi connectivity index (χ1v) is 9.55. The van der Waals surface area contributed by atoms with Crippen LogP contribution in [0, 0.1) is 29.1 Å². The molecule has 0 aliphatic carbocycles. The summed E-state index contributed by atoms with van der Waals surface area (Å²) in [5.41, 5.74) is 0. The van der Waals surface area contributed by atoms with Crippen molar-refractivity contribution in [3.8, 4) is 11.5 Å². The fourth-order valence-electron chi connectivity index (χ4n) is 1.78. The van der Waals surface area contributed by atoms with Gasteiger partial charge in [-0.1, -0.05) is 15.9 Å². The molecule has 0 bridgehead atoms. The van der Waals surface area contributed by atoms with E-state index in [1.165, 1.54) is 24.3 Å². The van der Waals surface area contributed by atoms with E-state index in [9.17, 15) is 31.3 Å². The number of nitrogens with one attached hydrogen (secondary N) is 1. The van der Waals surface area contributed by atoms with Crippen LogP contribution in [0.1, 0.15) is 6.92 Å². The molecular formula is C15H10BrF5NO5P. The number of hydrogen-bond donors (Lipinski definition) is 2. The Morgan fingerprint density at radius 1 is 1.00 bits per heavy atom. The third-order valence-electron chi connectivity index (χ3n) is 3.14. The lowest BCUT2D eigenvalue weighted by Gasteiger charge is -2.22. The minimum atomic E-state index is -4.98. The van der Waals surface area contributed by atoms with Gasteiger partial charge in [-0.15, -0.1) is 0 Å². The maximum atomic E-state index is 13.8. The van der Waals surface area contributed by atoms with Crippen molar-refractivity contribution in [1.29, 1.82) is 0 Å². The second-order valence-corrected chi connectivity index (χ2v) is 7.76. The molecule has 2 aromatic rings. The predicted octanol–water partition coefficient (Wildman–Crippen LogP) is 4.77. The van der Waals surface area contributed by atoms with Crippen LogP contribution in [0.5, 0.6) is 11.5 Å². The Labute approximate surface area is 163 Å². The quantitative estimate of drug-likeness (QED) is 0.252. The van der Waals surface area contributed by atoms with Gasteiger partial charge in [0.1, 0.15) is 11.8 Å². The van der Waals surface area contributed by atoms with Crippen LogP contribution < -0.4 is 14.1 Å². The van der Waals surface area contributed by atoms with E-state index < -0.39 is 54.6 Å². The number of benzene rings is 2. The highest BCUT2D eigenvalue weighted by atomic mass is 79.9. The van der Waals surface area contributed by atoms with E-state index in [-0.39, 0.29) is 5.75 Å². The third-order valence-corrected chi connectivity index (χ3v) is 5.25. The molecule has 0 spiro atoms. The normalized spacial score (nSPS) is 14.2. The zero-order valence-electron chi connectivity index (χ0n) is 13.7. The molecule has 6 nitrogen and oxygen atoms in total. The van der Waals surface area contributed by atoms with Crippen molar-refractivity contribution >= 4 is 29.6 Å². The third kappa shape index (κ3) is 4.81. The van der Waals surface area contributed by atoms with Crippen molar-refractivity contribution in [2.45, 2.75) is 13.0 Å². The molecule has 2 rings (SSSR count). The SMILES string of the molecule is C[C@H](NP(=O)(Oc1ccc(Br)cc1)Oc1c(F)c(F)c(F)c(F)c1F)C(=O)O. The van der Waals surface area contributed by atoms with Gasteiger partial charge in [0.25, 0.3) is 0 Å². The number of carboxylic acid groups (broad SMARTS) is 1. The summed E-state index contributed by atoms with van der Waals surface area (Å²) in [5, 5.41) is 10.8. The molecule has 2 N–H and O–H groups in total. The van der Waals surface area contributed by atoms with Crippen LogP contribution in [-0.4, -0.2) is 17.1 Å². The zero-order valence-corrected chi connectivity index (χ0v) is 16.2. The fourth-order valence-corrected chi connectivity index (χ4v) is 3.57. The first-order chi connectivity index (χ1) is 12.9. The van der Waals surface area contributed by atoms with Gasteiger partial charge < -0.3 is 14.2 Å². The molecular weight excluding hydrogens is 480 g/mol. The largest absolute Gasteiger partial charge is 0.513 e. The van der Waals surface area contributed by atoms with Crippen LogP contribution in [0.4, 0.5) is 22.0 Å². The molecule has 0 amide bonds. The summed E-state index contributed by atoms with van der Waals surface area (Å²) in [5.74, 6) is -15.6. The summed E-state index contributed by atoms with van der Waals surface area (Å²) in [6.07, 6.45) is 0. The van der Waals surface area contributed by atoms with Crippen molar-refractivity contribution < 1.29 is 45.5 Å². The van der Waals surface area contributed by atoms with Gasteiger partial charge in [-0.25, -0.2) is 17.7 Å². The fraction of sp³-hybridized carbons (Fsp3) is 0.133. The van der Waals surface area contributed by atoms with Crippen molar-refractivity contribution in [3.05, 3.63) is 57.8 Å². The minimum Gasteiger partial charge on any atom is -0.480 e. The highest BCUT2D eigenvalue weighted by molar-refractivity contribution is 9.10. The Morgan fingerprint density at radius 3 is 1.93 bits per heavy atom. The Kier molecular flexibility index (Phi) is 6.68. The van der Waals surface area contributed by atoms with Crippen molar-refractivity contribution in [1.82, 2.24) is 5.09 Å². The van der Waals surface area contributed by atoms with Gasteiger partial charge in [0.15, 0.2) is 0 Å². The van der Waals surface area contributed by atoms with Gasteiger partial charge in [0.2, 0.25) is 34.8 Å². The van der Waals surface area contributed by atoms with Crippen molar-refractivity contribution in [3.63, 3.8) is 0 Å². The Morgan fingerprint density at radius 2 is 1.46 bits per heavy atom. The van der Waals surface area contributed by atoms with Crippen molar-refractivity contribution in [2.75, 3.05) is 0 Å². The molecule has 0 aliphatic heterocycles. The number of rotatable bonds is 7. The standard InChI is InChI=1S/C15H10BrF5NO5P/c1-6(15(23)24)22-28(25,26-8-4-2-7(16)3-5-8)27-14-12(20)10(18)9(17)11(19)13(14)21/h2-6H,1H3,(H,22,25)(H,23,24)/t6-,28?/m0/s1. The average Bonchev–Trinajstić information content (AvgIpc) is 2.64. The number of carboxylic acids is 1. The molecule has 1 unspecified atom stereocenters. The van der Waals surface area contributed by atoms with E-state index in [1.54, 1.807) is 0 Å². The van der Waals surface area contributed by atoms with E-state index in [1.807, 2.05) is 5.09 Å². The Hall–Kier alpha value is -2.17. The molecule has 152 valence electrons. The van der Waals surface area contributed by atoms with Gasteiger partial charge in [0.05, 0.1) is 0 Å². The van der Waals surface area contributed by atoms with Crippen LogP contribution in [0.25, 0.3) is 0 Å². The van der Waals surface area contributed by atoms with Crippen LogP contribution in [0.15, 0.2) is 28.7 Å². The van der Waals surface area contributed by atoms with Crippen LogP contribution in [0.3, 0.4) is 0 Å². The molecule has 2 atom stereocenters. The highest BCUT2D eigenvalue weighted by Gasteiger charge is 2.37. The van der Waals surface area contributed by atoms with Crippen LogP contribution in [0.2, 0.25) is 0 Å². The molecule has 0 fully saturated rings. The minimum absolute atomic E-state index is 0.208. The Bertz CT molecular complexity index is 930. The highest BCUT2D eigenvalue weighted by Crippen LogP contribution is 2.47. The second-order valence-electron chi connectivity index (χ2n) is 5.22. The molecule has 0 heterocycles. The molecule has 0 radical (unpaired) electrons. The number of carbonyl (C=O) groups is 1. The topological polar surface area (TPSA) is 84.9 Å². The molecule has 2 aromatic carbocycles. The number of hydrogen-bond acceptors (Lipinski definition) is 4. The monoisotopic (exact) mass is 489 g/mol. The predicted molar refractivity (Wildman–Crippen MR) is 89.5 cm³/mol. The lowest BCUT2D eigenvalue weighted by atomic mass is 10.3.